The molecule has 0 radical (unpaired) electrons. The number of carboxylic acid groups (broad SMARTS) is 1. The van der Waals surface area contributed by atoms with Gasteiger partial charge in [-0.25, -0.2) is 14.6 Å². The van der Waals surface area contributed by atoms with Gasteiger partial charge in [-0.15, -0.1) is 17.3 Å². The van der Waals surface area contributed by atoms with E-state index in [2.05, 4.69) is 34.4 Å². The Balaban J connectivity index is 2.14. The van der Waals surface area contributed by atoms with Crippen molar-refractivity contribution in [2.75, 3.05) is 19.0 Å². The predicted octanol–water partition coefficient (Wildman–Crippen LogP) is 6.03. The van der Waals surface area contributed by atoms with Crippen molar-refractivity contribution in [1.29, 1.82) is 0 Å². The molecule has 0 aliphatic rings. The number of unbranched alkanes of at least 4 members (excludes halogenated alkanes) is 8. The molecular weight excluding hydrogens is 687 g/mol. The van der Waals surface area contributed by atoms with Crippen molar-refractivity contribution in [3.8, 4) is 17.6 Å². The SMILES string of the molecule is CC#CCOc1ccc(C[C@H](NC(=O)[C@@H](/C=C/CCCCCCC(=O)CCCCCCC)[C@@](O)(CC(=O)Nc2nccs2)C(=O)O)C(=O)OC)cc1. The van der Waals surface area contributed by atoms with Crippen molar-refractivity contribution in [2.45, 2.75) is 115 Å². The number of aliphatic carboxylic acids is 1. The standard InChI is InChI=1S/C39H53N3O9S/c1-4-6-8-11-14-17-30(43)18-15-12-9-10-13-16-19-32(39(49,37(47)48)28-34(44)42-38-40-24-26-52-38)35(45)41-33(36(46)50-3)27-29-20-22-31(23-21-29)51-25-7-5-2/h16,19-24,26,32-33,49H,4,6,8-15,17-18,25,27-28H2,1-3H3,(H,41,45)(H,47,48)(H,40,42,44)/b19-16+/t32-,33+,39+/m1/s1. The smallest absolute Gasteiger partial charge is 0.337 e. The van der Waals surface area contributed by atoms with Crippen molar-refractivity contribution in [2.24, 2.45) is 5.92 Å². The Kier molecular flexibility index (Phi) is 20.6. The van der Waals surface area contributed by atoms with Gasteiger partial charge in [0, 0.05) is 30.8 Å². The number of rotatable bonds is 26. The number of ether oxygens (including phenoxy) is 2. The lowest BCUT2D eigenvalue weighted by molar-refractivity contribution is -0.169. The van der Waals surface area contributed by atoms with E-state index < -0.39 is 47.7 Å². The van der Waals surface area contributed by atoms with Crippen LogP contribution >= 0.6 is 11.3 Å². The van der Waals surface area contributed by atoms with Crippen molar-refractivity contribution >= 4 is 46.0 Å². The zero-order valence-electron chi connectivity index (χ0n) is 30.5. The highest BCUT2D eigenvalue weighted by atomic mass is 32.1. The van der Waals surface area contributed by atoms with Gasteiger partial charge in [0.2, 0.25) is 11.8 Å². The maximum absolute atomic E-state index is 13.8. The number of Topliss-reactive ketones (excluding diaryl/α,β-unsaturated/α-hetero) is 1. The molecule has 52 heavy (non-hydrogen) atoms. The number of benzene rings is 1. The lowest BCUT2D eigenvalue weighted by Gasteiger charge is -2.30. The summed E-state index contributed by atoms with van der Waals surface area (Å²) < 4.78 is 10.4. The summed E-state index contributed by atoms with van der Waals surface area (Å²) in [6.07, 6.45) is 13.6. The van der Waals surface area contributed by atoms with Gasteiger partial charge in [0.1, 0.15) is 24.2 Å². The fourth-order valence-corrected chi connectivity index (χ4v) is 5.99. The maximum atomic E-state index is 13.8. The van der Waals surface area contributed by atoms with Crippen LogP contribution in [0, 0.1) is 17.8 Å². The van der Waals surface area contributed by atoms with Gasteiger partial charge in [-0.3, -0.25) is 14.4 Å². The van der Waals surface area contributed by atoms with Gasteiger partial charge in [0.15, 0.2) is 10.7 Å². The van der Waals surface area contributed by atoms with Crippen LogP contribution in [0.1, 0.15) is 103 Å². The zero-order valence-corrected chi connectivity index (χ0v) is 31.3. The molecule has 2 amide bonds. The van der Waals surface area contributed by atoms with Crippen LogP contribution in [0.25, 0.3) is 0 Å². The van der Waals surface area contributed by atoms with Crippen LogP contribution in [0.4, 0.5) is 5.13 Å². The molecule has 13 heteroatoms. The fourth-order valence-electron chi connectivity index (χ4n) is 5.44. The summed E-state index contributed by atoms with van der Waals surface area (Å²) in [4.78, 5) is 68.2. The average Bonchev–Trinajstić information content (AvgIpc) is 3.63. The van der Waals surface area contributed by atoms with Gasteiger partial charge in [0.25, 0.3) is 0 Å². The molecule has 2 aromatic rings. The number of methoxy groups -OCH3 is 1. The Labute approximate surface area is 310 Å². The first-order chi connectivity index (χ1) is 25.0. The molecule has 2 rings (SSSR count). The summed E-state index contributed by atoms with van der Waals surface area (Å²) in [5, 5.41) is 28.5. The van der Waals surface area contributed by atoms with Crippen LogP contribution in [-0.4, -0.2) is 70.1 Å². The minimum absolute atomic E-state index is 0.0126. The lowest BCUT2D eigenvalue weighted by Crippen LogP contribution is -2.56. The molecule has 0 fully saturated rings. The summed E-state index contributed by atoms with van der Waals surface area (Å²) in [6.45, 7) is 4.07. The minimum Gasteiger partial charge on any atom is -0.481 e. The second-order valence-electron chi connectivity index (χ2n) is 12.5. The molecular formula is C39H53N3O9S. The molecule has 0 saturated heterocycles. The van der Waals surface area contributed by atoms with Gasteiger partial charge >= 0.3 is 11.9 Å². The number of nitrogens with zero attached hydrogens (tertiary/aromatic N) is 1. The topological polar surface area (TPSA) is 181 Å². The van der Waals surface area contributed by atoms with Crippen LogP contribution in [0.2, 0.25) is 0 Å². The van der Waals surface area contributed by atoms with E-state index in [1.807, 2.05) is 0 Å². The van der Waals surface area contributed by atoms with Crippen LogP contribution in [0.5, 0.6) is 5.75 Å². The Morgan fingerprint density at radius 1 is 1.00 bits per heavy atom. The number of aliphatic hydroxyl groups is 1. The van der Waals surface area contributed by atoms with Gasteiger partial charge in [-0.2, -0.15) is 0 Å². The molecule has 12 nitrogen and oxygen atoms in total. The van der Waals surface area contributed by atoms with Crippen LogP contribution in [0.3, 0.4) is 0 Å². The monoisotopic (exact) mass is 739 g/mol. The number of thiazole rings is 1. The van der Waals surface area contributed by atoms with E-state index in [0.29, 0.717) is 37.0 Å². The van der Waals surface area contributed by atoms with Crippen molar-refractivity contribution in [3.05, 3.63) is 53.6 Å². The third-order valence-electron chi connectivity index (χ3n) is 8.39. The number of hydrogen-bond acceptors (Lipinski definition) is 10. The van der Waals surface area contributed by atoms with E-state index in [-0.39, 0.29) is 23.9 Å². The molecule has 3 atom stereocenters. The molecule has 0 unspecified atom stereocenters. The second kappa shape index (κ2) is 24.6. The number of anilines is 1. The van der Waals surface area contributed by atoms with Crippen molar-refractivity contribution in [3.63, 3.8) is 0 Å². The molecule has 0 spiro atoms. The minimum atomic E-state index is -2.88. The number of esters is 1. The number of carbonyl (C=O) groups excluding carboxylic acids is 4. The number of nitrogens with one attached hydrogen (secondary N) is 2. The number of carboxylic acids is 1. The summed E-state index contributed by atoms with van der Waals surface area (Å²) in [5.74, 6) is 0.188. The Hall–Kier alpha value is -4.54. The highest BCUT2D eigenvalue weighted by molar-refractivity contribution is 7.13. The third kappa shape index (κ3) is 16.2. The first-order valence-electron chi connectivity index (χ1n) is 17.9. The van der Waals surface area contributed by atoms with E-state index in [9.17, 15) is 34.2 Å². The summed E-state index contributed by atoms with van der Waals surface area (Å²) >= 11 is 1.10. The van der Waals surface area contributed by atoms with Gasteiger partial charge < -0.3 is 30.3 Å². The zero-order chi connectivity index (χ0) is 38.2. The van der Waals surface area contributed by atoms with E-state index in [0.717, 1.165) is 57.0 Å². The molecule has 0 bridgehead atoms. The van der Waals surface area contributed by atoms with E-state index >= 15 is 0 Å². The van der Waals surface area contributed by atoms with E-state index in [1.165, 1.54) is 25.1 Å². The van der Waals surface area contributed by atoms with Crippen molar-refractivity contribution < 1.29 is 43.7 Å². The summed E-state index contributed by atoms with van der Waals surface area (Å²) in [7, 11) is 1.16. The average molecular weight is 740 g/mol. The summed E-state index contributed by atoms with van der Waals surface area (Å²) in [6, 6.07) is 5.54. The van der Waals surface area contributed by atoms with Crippen molar-refractivity contribution in [1.82, 2.24) is 10.3 Å². The molecule has 0 aliphatic carbocycles. The van der Waals surface area contributed by atoms with Gasteiger partial charge in [-0.05, 0) is 50.3 Å². The lowest BCUT2D eigenvalue weighted by atomic mass is 9.82. The molecule has 1 aromatic carbocycles. The molecule has 284 valence electrons. The third-order valence-corrected chi connectivity index (χ3v) is 9.08. The molecule has 1 heterocycles. The van der Waals surface area contributed by atoms with E-state index in [1.54, 1.807) is 42.6 Å². The Bertz CT molecular complexity index is 1500. The number of aromatic nitrogens is 1. The highest BCUT2D eigenvalue weighted by Gasteiger charge is 2.49. The quantitative estimate of drug-likeness (QED) is 0.0385. The number of hydrogen-bond donors (Lipinski definition) is 4. The Morgan fingerprint density at radius 3 is 2.27 bits per heavy atom. The van der Waals surface area contributed by atoms with E-state index in [4.69, 9.17) is 9.47 Å². The van der Waals surface area contributed by atoms with Crippen LogP contribution in [0.15, 0.2) is 48.0 Å². The molecule has 1 aromatic heterocycles. The molecule has 4 N–H and O–H groups in total. The first-order valence-corrected chi connectivity index (χ1v) is 18.7. The largest absolute Gasteiger partial charge is 0.481 e. The first kappa shape index (κ1) is 43.6. The predicted molar refractivity (Wildman–Crippen MR) is 200 cm³/mol. The van der Waals surface area contributed by atoms with Crippen LogP contribution < -0.4 is 15.4 Å². The number of ketones is 1. The van der Waals surface area contributed by atoms with Gasteiger partial charge in [0.05, 0.1) is 19.4 Å². The fraction of sp³-hybridized carbons (Fsp3) is 0.538. The second-order valence-corrected chi connectivity index (χ2v) is 13.4. The molecule has 0 saturated carbocycles. The number of amides is 2. The number of carbonyl (C=O) groups is 5. The highest BCUT2D eigenvalue weighted by Crippen LogP contribution is 2.27. The molecule has 0 aliphatic heterocycles. The maximum Gasteiger partial charge on any atom is 0.337 e. The number of allylic oxidation sites excluding steroid dienone is 1. The Morgan fingerprint density at radius 2 is 1.67 bits per heavy atom. The normalized spacial score (nSPS) is 13.2. The van der Waals surface area contributed by atoms with Crippen LogP contribution in [-0.2, 0) is 35.1 Å². The van der Waals surface area contributed by atoms with Gasteiger partial charge in [-0.1, -0.05) is 75.7 Å². The summed E-state index contributed by atoms with van der Waals surface area (Å²) in [5.41, 5.74) is -2.23.